The summed E-state index contributed by atoms with van der Waals surface area (Å²) >= 11 is 0. The van der Waals surface area contributed by atoms with Gasteiger partial charge >= 0.3 is 5.97 Å². The zero-order chi connectivity index (χ0) is 24.5. The summed E-state index contributed by atoms with van der Waals surface area (Å²) < 4.78 is 4.70. The third-order valence-electron chi connectivity index (χ3n) is 6.93. The molecular formula is C26H27N3O6. The third-order valence-corrected chi connectivity index (χ3v) is 6.93. The smallest absolute Gasteiger partial charge is 0.310 e. The Kier molecular flexibility index (Phi) is 6.25. The highest BCUT2D eigenvalue weighted by Crippen LogP contribution is 2.30. The summed E-state index contributed by atoms with van der Waals surface area (Å²) in [4.78, 5) is 52.7. The van der Waals surface area contributed by atoms with Crippen LogP contribution in [0.2, 0.25) is 0 Å². The molecule has 5 rings (SSSR count). The minimum atomic E-state index is -1.40. The van der Waals surface area contributed by atoms with Gasteiger partial charge in [0.25, 0.3) is 5.91 Å². The van der Waals surface area contributed by atoms with Crippen LogP contribution in [-0.4, -0.2) is 64.2 Å². The molecule has 0 saturated carbocycles. The normalized spacial score (nSPS) is 28.3. The maximum absolute atomic E-state index is 13.6. The number of hydrogen-bond donors (Lipinski definition) is 3. The molecule has 2 fully saturated rings. The number of esters is 1. The van der Waals surface area contributed by atoms with Gasteiger partial charge in [-0.15, -0.1) is 0 Å². The van der Waals surface area contributed by atoms with Crippen LogP contribution in [0.3, 0.4) is 0 Å². The highest BCUT2D eigenvalue weighted by Gasteiger charge is 2.45. The number of hydrogen-bond acceptors (Lipinski definition) is 6. The molecular weight excluding hydrogens is 450 g/mol. The largest absolute Gasteiger partial charge is 0.434 e. The average Bonchev–Trinajstić information content (AvgIpc) is 3.40. The molecule has 5 atom stereocenters. The molecule has 2 aromatic rings. The highest BCUT2D eigenvalue weighted by atomic mass is 16.6. The summed E-state index contributed by atoms with van der Waals surface area (Å²) in [5, 5.41) is 17.3. The Morgan fingerprint density at radius 3 is 2.51 bits per heavy atom. The maximum Gasteiger partial charge on any atom is 0.310 e. The van der Waals surface area contributed by atoms with Crippen molar-refractivity contribution in [2.24, 2.45) is 0 Å². The van der Waals surface area contributed by atoms with Crippen LogP contribution in [0.25, 0.3) is 10.8 Å². The minimum absolute atomic E-state index is 0.121. The maximum atomic E-state index is 13.6. The first-order valence-electron chi connectivity index (χ1n) is 11.9. The van der Waals surface area contributed by atoms with Gasteiger partial charge in [-0.3, -0.25) is 19.2 Å². The molecule has 0 radical (unpaired) electrons. The number of rotatable bonds is 4. The van der Waals surface area contributed by atoms with E-state index in [0.29, 0.717) is 31.2 Å². The van der Waals surface area contributed by atoms with Gasteiger partial charge in [0.05, 0.1) is 6.42 Å². The van der Waals surface area contributed by atoms with E-state index in [1.165, 1.54) is 0 Å². The minimum Gasteiger partial charge on any atom is -0.434 e. The van der Waals surface area contributed by atoms with Gasteiger partial charge in [-0.05, 0) is 48.6 Å². The fourth-order valence-corrected chi connectivity index (χ4v) is 5.11. The number of carbonyl (C=O) groups is 4. The van der Waals surface area contributed by atoms with Crippen molar-refractivity contribution in [2.75, 3.05) is 0 Å². The van der Waals surface area contributed by atoms with Gasteiger partial charge in [0.15, 0.2) is 0 Å². The second-order valence-electron chi connectivity index (χ2n) is 9.22. The molecule has 0 aromatic heterocycles. The van der Waals surface area contributed by atoms with Crippen molar-refractivity contribution in [3.63, 3.8) is 0 Å². The number of ether oxygens (including phenoxy) is 1. The predicted molar refractivity (Wildman–Crippen MR) is 126 cm³/mol. The van der Waals surface area contributed by atoms with E-state index in [9.17, 15) is 24.3 Å². The molecule has 9 heteroatoms. The number of nitrogens with one attached hydrogen (secondary N) is 2. The Labute approximate surface area is 202 Å². The lowest BCUT2D eigenvalue weighted by atomic mass is 10.0. The average molecular weight is 478 g/mol. The van der Waals surface area contributed by atoms with Gasteiger partial charge in [-0.2, -0.15) is 0 Å². The molecule has 0 bridgehead atoms. The molecule has 3 aliphatic heterocycles. The van der Waals surface area contributed by atoms with Gasteiger partial charge in [0.2, 0.25) is 18.1 Å². The molecule has 3 N–H and O–H groups in total. The topological polar surface area (TPSA) is 125 Å². The number of carbonyl (C=O) groups excluding carboxylic acids is 4. The lowest BCUT2D eigenvalue weighted by Gasteiger charge is -2.34. The van der Waals surface area contributed by atoms with Gasteiger partial charge in [-0.1, -0.05) is 42.5 Å². The lowest BCUT2D eigenvalue weighted by molar-refractivity contribution is -0.155. The van der Waals surface area contributed by atoms with Crippen LogP contribution in [0.5, 0.6) is 0 Å². The van der Waals surface area contributed by atoms with E-state index in [1.54, 1.807) is 17.0 Å². The summed E-state index contributed by atoms with van der Waals surface area (Å²) in [6, 6.07) is 10.5. The van der Waals surface area contributed by atoms with Crippen LogP contribution >= 0.6 is 0 Å². The van der Waals surface area contributed by atoms with Crippen molar-refractivity contribution in [2.45, 2.75) is 62.6 Å². The first-order chi connectivity index (χ1) is 16.9. The Morgan fingerprint density at radius 2 is 1.74 bits per heavy atom. The number of nitrogens with zero attached hydrogens (tertiary/aromatic N) is 1. The van der Waals surface area contributed by atoms with E-state index in [1.807, 2.05) is 42.5 Å². The molecule has 9 nitrogen and oxygen atoms in total. The Hall–Kier alpha value is -3.72. The second kappa shape index (κ2) is 9.50. The van der Waals surface area contributed by atoms with Crippen molar-refractivity contribution in [1.82, 2.24) is 15.5 Å². The molecule has 3 aliphatic rings. The van der Waals surface area contributed by atoms with Crippen LogP contribution < -0.4 is 10.6 Å². The summed E-state index contributed by atoms with van der Waals surface area (Å²) in [6.07, 6.45) is 4.39. The second-order valence-corrected chi connectivity index (χ2v) is 9.22. The summed E-state index contributed by atoms with van der Waals surface area (Å²) in [7, 11) is 0. The van der Waals surface area contributed by atoms with Gasteiger partial charge in [0.1, 0.15) is 18.1 Å². The fraction of sp³-hybridized carbons (Fsp3) is 0.385. The number of fused-ring (bicyclic) bond motifs is 2. The quantitative estimate of drug-likeness (QED) is 0.452. The van der Waals surface area contributed by atoms with Gasteiger partial charge in [-0.25, -0.2) is 0 Å². The highest BCUT2D eigenvalue weighted by molar-refractivity contribution is 6.01. The number of cyclic esters (lactones) is 1. The van der Waals surface area contributed by atoms with Crippen molar-refractivity contribution in [3.8, 4) is 0 Å². The third kappa shape index (κ3) is 4.64. The molecule has 0 spiro atoms. The molecule has 35 heavy (non-hydrogen) atoms. The van der Waals surface area contributed by atoms with E-state index in [2.05, 4.69) is 10.6 Å². The number of aliphatic hydroxyl groups is 1. The van der Waals surface area contributed by atoms with Gasteiger partial charge in [0, 0.05) is 11.6 Å². The Balaban J connectivity index is 1.32. The van der Waals surface area contributed by atoms with Crippen molar-refractivity contribution < 1.29 is 29.0 Å². The van der Waals surface area contributed by atoms with E-state index < -0.39 is 36.3 Å². The van der Waals surface area contributed by atoms with E-state index in [4.69, 9.17) is 4.74 Å². The number of amides is 3. The standard InChI is InChI=1S/C26H27N3O6/c30-22-14-20(26(34)35-22)28-24(32)21-12-11-18-7-3-4-8-19(25(33)29(18)21)27-23(31)17-10-9-15-5-1-2-6-16(15)13-17/h1-6,9-10,13,18-21,26,34H,7-8,11-12,14H2,(H,27,31)(H,28,32)/t18-,19+,20?,21+,26?/m1/s1. The number of benzene rings is 2. The lowest BCUT2D eigenvalue weighted by Crippen LogP contribution is -2.57. The van der Waals surface area contributed by atoms with Crippen molar-refractivity contribution in [3.05, 3.63) is 60.2 Å². The molecule has 3 amide bonds. The van der Waals surface area contributed by atoms with E-state index in [-0.39, 0.29) is 24.3 Å². The molecule has 182 valence electrons. The first kappa shape index (κ1) is 23.0. The Morgan fingerprint density at radius 1 is 0.971 bits per heavy atom. The first-order valence-corrected chi connectivity index (χ1v) is 11.9. The van der Waals surface area contributed by atoms with Crippen LogP contribution in [0.1, 0.15) is 42.5 Å². The summed E-state index contributed by atoms with van der Waals surface area (Å²) in [5.41, 5.74) is 0.453. The van der Waals surface area contributed by atoms with E-state index in [0.717, 1.165) is 10.8 Å². The monoisotopic (exact) mass is 477 g/mol. The van der Waals surface area contributed by atoms with Gasteiger partial charge < -0.3 is 25.4 Å². The SMILES string of the molecule is O=C1CC(NC(=O)[C@@H]2CC[C@H]3CC=CC[C@H](NC(=O)c4ccc5ccccc5c4)C(=O)N32)C(O)O1. The van der Waals surface area contributed by atoms with Crippen molar-refractivity contribution >= 4 is 34.5 Å². The fourth-order valence-electron chi connectivity index (χ4n) is 5.11. The van der Waals surface area contributed by atoms with Crippen LogP contribution in [0.4, 0.5) is 0 Å². The summed E-state index contributed by atoms with van der Waals surface area (Å²) in [5.74, 6) is -1.70. The van der Waals surface area contributed by atoms with Crippen molar-refractivity contribution in [1.29, 1.82) is 0 Å². The van der Waals surface area contributed by atoms with Crippen LogP contribution in [0, 0.1) is 0 Å². The van der Waals surface area contributed by atoms with Crippen LogP contribution in [-0.2, 0) is 19.1 Å². The molecule has 2 unspecified atom stereocenters. The van der Waals surface area contributed by atoms with Crippen LogP contribution in [0.15, 0.2) is 54.6 Å². The number of aliphatic hydroxyl groups excluding tert-OH is 1. The Bertz CT molecular complexity index is 1210. The molecule has 0 aliphatic carbocycles. The predicted octanol–water partition coefficient (Wildman–Crippen LogP) is 1.40. The molecule has 2 aromatic carbocycles. The zero-order valence-electron chi connectivity index (χ0n) is 19.1. The molecule has 2 saturated heterocycles. The van der Waals surface area contributed by atoms with E-state index >= 15 is 0 Å². The zero-order valence-corrected chi connectivity index (χ0v) is 19.1. The summed E-state index contributed by atoms with van der Waals surface area (Å²) in [6.45, 7) is 0. The molecule has 3 heterocycles.